The fourth-order valence-corrected chi connectivity index (χ4v) is 2.26. The van der Waals surface area contributed by atoms with Crippen molar-refractivity contribution in [1.82, 2.24) is 19.9 Å². The van der Waals surface area contributed by atoms with Gasteiger partial charge in [-0.3, -0.25) is 0 Å². The van der Waals surface area contributed by atoms with Crippen molar-refractivity contribution in [1.29, 1.82) is 0 Å². The molecule has 0 aliphatic heterocycles. The predicted molar refractivity (Wildman–Crippen MR) is 94.6 cm³/mol. The monoisotopic (exact) mass is 337 g/mol. The number of benzene rings is 1. The van der Waals surface area contributed by atoms with Crippen molar-refractivity contribution in [2.75, 3.05) is 5.32 Å². The number of nitrogens with zero attached hydrogens (tertiary/aromatic N) is 3. The van der Waals surface area contributed by atoms with Gasteiger partial charge in [0, 0.05) is 31.2 Å². The maximum absolute atomic E-state index is 12.0. The summed E-state index contributed by atoms with van der Waals surface area (Å²) in [6.07, 6.45) is 5.22. The SMILES string of the molecule is Cc1cc(Oc2ccccn2)ccc1NC(=O)NCc1cn(C)cn1. The average molecular weight is 337 g/mol. The Labute approximate surface area is 145 Å². The second-order valence-electron chi connectivity index (χ2n) is 5.58. The van der Waals surface area contributed by atoms with Crippen molar-refractivity contribution in [2.24, 2.45) is 7.05 Å². The van der Waals surface area contributed by atoms with Crippen LogP contribution in [0.3, 0.4) is 0 Å². The van der Waals surface area contributed by atoms with Crippen LogP contribution < -0.4 is 15.4 Å². The molecule has 2 aromatic heterocycles. The number of ether oxygens (including phenoxy) is 1. The molecule has 2 N–H and O–H groups in total. The molecular formula is C18H19N5O2. The normalized spacial score (nSPS) is 10.3. The summed E-state index contributed by atoms with van der Waals surface area (Å²) < 4.78 is 7.51. The topological polar surface area (TPSA) is 81.1 Å². The predicted octanol–water partition coefficient (Wildman–Crippen LogP) is 3.24. The molecule has 0 bridgehead atoms. The zero-order chi connectivity index (χ0) is 17.6. The van der Waals surface area contributed by atoms with Gasteiger partial charge in [0.2, 0.25) is 5.88 Å². The molecule has 7 heteroatoms. The molecule has 0 atom stereocenters. The van der Waals surface area contributed by atoms with Gasteiger partial charge in [0.15, 0.2) is 0 Å². The number of nitrogens with one attached hydrogen (secondary N) is 2. The highest BCUT2D eigenvalue weighted by Crippen LogP contribution is 2.24. The van der Waals surface area contributed by atoms with Crippen LogP contribution in [-0.2, 0) is 13.6 Å². The maximum atomic E-state index is 12.0. The van der Waals surface area contributed by atoms with Gasteiger partial charge in [-0.15, -0.1) is 0 Å². The highest BCUT2D eigenvalue weighted by atomic mass is 16.5. The molecule has 0 spiro atoms. The number of imidazole rings is 1. The summed E-state index contributed by atoms with van der Waals surface area (Å²) >= 11 is 0. The Kier molecular flexibility index (Phi) is 4.94. The fourth-order valence-electron chi connectivity index (χ4n) is 2.26. The number of aryl methyl sites for hydroxylation is 2. The van der Waals surface area contributed by atoms with E-state index in [-0.39, 0.29) is 6.03 Å². The summed E-state index contributed by atoms with van der Waals surface area (Å²) in [5.74, 6) is 1.19. The van der Waals surface area contributed by atoms with Crippen LogP contribution in [0.5, 0.6) is 11.6 Å². The third kappa shape index (κ3) is 4.57. The van der Waals surface area contributed by atoms with Crippen LogP contribution >= 0.6 is 0 Å². The zero-order valence-electron chi connectivity index (χ0n) is 14.1. The smallest absolute Gasteiger partial charge is 0.319 e. The minimum absolute atomic E-state index is 0.285. The Morgan fingerprint density at radius 2 is 2.12 bits per heavy atom. The molecule has 0 aliphatic rings. The first-order valence-corrected chi connectivity index (χ1v) is 7.81. The van der Waals surface area contributed by atoms with E-state index in [0.717, 1.165) is 11.3 Å². The van der Waals surface area contributed by atoms with Crippen LogP contribution in [0.1, 0.15) is 11.3 Å². The number of amides is 2. The van der Waals surface area contributed by atoms with Gasteiger partial charge in [0.1, 0.15) is 5.75 Å². The summed E-state index contributed by atoms with van der Waals surface area (Å²) in [6.45, 7) is 2.27. The molecule has 0 radical (unpaired) electrons. The van der Waals surface area contributed by atoms with E-state index in [4.69, 9.17) is 4.74 Å². The number of rotatable bonds is 5. The van der Waals surface area contributed by atoms with Crippen molar-refractivity contribution in [3.8, 4) is 11.6 Å². The molecule has 0 saturated carbocycles. The molecule has 1 aromatic carbocycles. The minimum atomic E-state index is -0.285. The van der Waals surface area contributed by atoms with Crippen molar-refractivity contribution in [3.05, 3.63) is 66.4 Å². The summed E-state index contributed by atoms with van der Waals surface area (Å²) in [5, 5.41) is 5.60. The molecule has 0 unspecified atom stereocenters. The highest BCUT2D eigenvalue weighted by Gasteiger charge is 2.07. The molecular weight excluding hydrogens is 318 g/mol. The van der Waals surface area contributed by atoms with E-state index in [9.17, 15) is 4.79 Å². The average Bonchev–Trinajstić information content (AvgIpc) is 3.02. The Balaban J connectivity index is 1.58. The van der Waals surface area contributed by atoms with Crippen LogP contribution in [0, 0.1) is 6.92 Å². The second-order valence-corrected chi connectivity index (χ2v) is 5.58. The molecule has 2 amide bonds. The number of carbonyl (C=O) groups excluding carboxylic acids is 1. The number of carbonyl (C=O) groups is 1. The lowest BCUT2D eigenvalue weighted by Crippen LogP contribution is -2.28. The molecule has 7 nitrogen and oxygen atoms in total. The Morgan fingerprint density at radius 1 is 1.24 bits per heavy atom. The van der Waals surface area contributed by atoms with E-state index < -0.39 is 0 Å². The second kappa shape index (κ2) is 7.48. The number of hydrogen-bond acceptors (Lipinski definition) is 4. The standard InChI is InChI=1S/C18H19N5O2/c1-13-9-15(25-17-5-3-4-8-19-17)6-7-16(13)22-18(24)20-10-14-11-23(2)12-21-14/h3-9,11-12H,10H2,1-2H3,(H2,20,22,24). The molecule has 0 aliphatic carbocycles. The first-order valence-electron chi connectivity index (χ1n) is 7.81. The zero-order valence-corrected chi connectivity index (χ0v) is 14.1. The van der Waals surface area contributed by atoms with Gasteiger partial charge in [-0.1, -0.05) is 6.07 Å². The lowest BCUT2D eigenvalue weighted by Gasteiger charge is -2.11. The van der Waals surface area contributed by atoms with Crippen molar-refractivity contribution < 1.29 is 9.53 Å². The summed E-state index contributed by atoms with van der Waals surface area (Å²) in [7, 11) is 1.88. The summed E-state index contributed by atoms with van der Waals surface area (Å²) in [4.78, 5) is 20.3. The van der Waals surface area contributed by atoms with Crippen molar-refractivity contribution in [3.63, 3.8) is 0 Å². The molecule has 3 aromatic rings. The van der Waals surface area contributed by atoms with Crippen LogP contribution in [0.2, 0.25) is 0 Å². The first kappa shape index (κ1) is 16.5. The van der Waals surface area contributed by atoms with Crippen LogP contribution in [-0.4, -0.2) is 20.6 Å². The Bertz CT molecular complexity index is 861. The minimum Gasteiger partial charge on any atom is -0.439 e. The van der Waals surface area contributed by atoms with E-state index in [1.165, 1.54) is 0 Å². The summed E-state index contributed by atoms with van der Waals surface area (Å²) in [5.41, 5.74) is 2.40. The van der Waals surface area contributed by atoms with Gasteiger partial charge in [0.25, 0.3) is 0 Å². The van der Waals surface area contributed by atoms with Gasteiger partial charge in [0.05, 0.1) is 18.6 Å². The van der Waals surface area contributed by atoms with Crippen molar-refractivity contribution in [2.45, 2.75) is 13.5 Å². The molecule has 3 rings (SSSR count). The Morgan fingerprint density at radius 3 is 2.80 bits per heavy atom. The third-order valence-corrected chi connectivity index (χ3v) is 3.49. The maximum Gasteiger partial charge on any atom is 0.319 e. The van der Waals surface area contributed by atoms with E-state index in [2.05, 4.69) is 20.6 Å². The van der Waals surface area contributed by atoms with Gasteiger partial charge in [-0.25, -0.2) is 14.8 Å². The number of anilines is 1. The van der Waals surface area contributed by atoms with E-state index >= 15 is 0 Å². The van der Waals surface area contributed by atoms with Gasteiger partial charge < -0.3 is 19.9 Å². The molecule has 2 heterocycles. The van der Waals surface area contributed by atoms with E-state index in [0.29, 0.717) is 23.9 Å². The van der Waals surface area contributed by atoms with Crippen molar-refractivity contribution >= 4 is 11.7 Å². The highest BCUT2D eigenvalue weighted by molar-refractivity contribution is 5.90. The molecule has 0 saturated heterocycles. The van der Waals surface area contributed by atoms with E-state index in [1.54, 1.807) is 30.7 Å². The lowest BCUT2D eigenvalue weighted by molar-refractivity contribution is 0.251. The third-order valence-electron chi connectivity index (χ3n) is 3.49. The van der Waals surface area contributed by atoms with E-state index in [1.807, 2.05) is 42.9 Å². The lowest BCUT2D eigenvalue weighted by atomic mass is 10.2. The first-order chi connectivity index (χ1) is 12.1. The Hall–Kier alpha value is -3.35. The number of aromatic nitrogens is 3. The molecule has 25 heavy (non-hydrogen) atoms. The van der Waals surface area contributed by atoms with Crippen LogP contribution in [0.15, 0.2) is 55.1 Å². The van der Waals surface area contributed by atoms with Gasteiger partial charge in [-0.2, -0.15) is 0 Å². The van der Waals surface area contributed by atoms with Gasteiger partial charge >= 0.3 is 6.03 Å². The molecule has 0 fully saturated rings. The number of pyridine rings is 1. The number of hydrogen-bond donors (Lipinski definition) is 2. The van der Waals surface area contributed by atoms with Crippen LogP contribution in [0.4, 0.5) is 10.5 Å². The van der Waals surface area contributed by atoms with Gasteiger partial charge in [-0.05, 0) is 36.8 Å². The fraction of sp³-hybridized carbons (Fsp3) is 0.167. The van der Waals surface area contributed by atoms with Crippen LogP contribution in [0.25, 0.3) is 0 Å². The quantitative estimate of drug-likeness (QED) is 0.749. The largest absolute Gasteiger partial charge is 0.439 e. The molecule has 128 valence electrons. The number of urea groups is 1. The summed E-state index contributed by atoms with van der Waals surface area (Å²) in [6, 6.07) is 10.6.